The number of rotatable bonds is 4. The zero-order valence-corrected chi connectivity index (χ0v) is 10.2. The topological polar surface area (TPSA) is 53.5 Å². The Bertz CT molecular complexity index is 243. The van der Waals surface area contributed by atoms with Gasteiger partial charge in [-0.3, -0.25) is 9.79 Å². The van der Waals surface area contributed by atoms with Gasteiger partial charge in [0.25, 0.3) is 0 Å². The number of hydrogen-bond acceptors (Lipinski definition) is 3. The summed E-state index contributed by atoms with van der Waals surface area (Å²) in [6.45, 7) is 4.99. The van der Waals surface area contributed by atoms with Crippen molar-refractivity contribution in [1.29, 1.82) is 0 Å². The Morgan fingerprint density at radius 1 is 1.73 bits per heavy atom. The highest BCUT2D eigenvalue weighted by atomic mass is 32.2. The van der Waals surface area contributed by atoms with E-state index in [4.69, 9.17) is 0 Å². The lowest BCUT2D eigenvalue weighted by Crippen LogP contribution is -2.37. The fraction of sp³-hybridized carbons (Fsp3) is 0.800. The number of amidine groups is 1. The summed E-state index contributed by atoms with van der Waals surface area (Å²) in [7, 11) is 0. The fourth-order valence-electron chi connectivity index (χ4n) is 1.37. The monoisotopic (exact) mass is 229 g/mol. The Morgan fingerprint density at radius 3 is 3.20 bits per heavy atom. The lowest BCUT2D eigenvalue weighted by molar-refractivity contribution is -0.118. The van der Waals surface area contributed by atoms with E-state index in [2.05, 4.69) is 22.5 Å². The summed E-state index contributed by atoms with van der Waals surface area (Å²) < 4.78 is 0. The molecule has 0 aromatic carbocycles. The SMILES string of the molecule is CCC1CCSC(=NCCNC(C)=O)N1. The maximum Gasteiger partial charge on any atom is 0.216 e. The predicted octanol–water partition coefficient (Wildman–Crippen LogP) is 0.984. The lowest BCUT2D eigenvalue weighted by atomic mass is 10.2. The quantitative estimate of drug-likeness (QED) is 0.707. The molecule has 1 saturated heterocycles. The molecule has 1 fully saturated rings. The highest BCUT2D eigenvalue weighted by Crippen LogP contribution is 2.15. The van der Waals surface area contributed by atoms with Crippen LogP contribution in [0, 0.1) is 0 Å². The summed E-state index contributed by atoms with van der Waals surface area (Å²) in [5, 5.41) is 7.15. The van der Waals surface area contributed by atoms with Crippen LogP contribution in [0.25, 0.3) is 0 Å². The number of nitrogens with one attached hydrogen (secondary N) is 2. The van der Waals surface area contributed by atoms with Crippen molar-refractivity contribution in [3.05, 3.63) is 0 Å². The van der Waals surface area contributed by atoms with E-state index in [0.29, 0.717) is 19.1 Å². The molecule has 0 aromatic rings. The second-order valence-electron chi connectivity index (χ2n) is 3.56. The number of carbonyl (C=O) groups excluding carboxylic acids is 1. The molecule has 0 bridgehead atoms. The molecule has 1 unspecified atom stereocenters. The molecule has 0 spiro atoms. The van der Waals surface area contributed by atoms with Crippen molar-refractivity contribution in [2.75, 3.05) is 18.8 Å². The van der Waals surface area contributed by atoms with Crippen LogP contribution in [0.1, 0.15) is 26.7 Å². The van der Waals surface area contributed by atoms with Crippen molar-refractivity contribution in [3.63, 3.8) is 0 Å². The van der Waals surface area contributed by atoms with Crippen molar-refractivity contribution >= 4 is 22.8 Å². The van der Waals surface area contributed by atoms with Crippen molar-refractivity contribution in [2.45, 2.75) is 32.7 Å². The molecule has 2 N–H and O–H groups in total. The molecular weight excluding hydrogens is 210 g/mol. The van der Waals surface area contributed by atoms with Gasteiger partial charge in [0, 0.05) is 25.3 Å². The first kappa shape index (κ1) is 12.4. The summed E-state index contributed by atoms with van der Waals surface area (Å²) in [5.74, 6) is 1.15. The van der Waals surface area contributed by atoms with Gasteiger partial charge in [-0.1, -0.05) is 18.7 Å². The van der Waals surface area contributed by atoms with Gasteiger partial charge in [0.05, 0.1) is 6.54 Å². The first-order valence-electron chi connectivity index (χ1n) is 5.40. The van der Waals surface area contributed by atoms with Crippen molar-refractivity contribution in [2.24, 2.45) is 4.99 Å². The minimum atomic E-state index is 0.00545. The summed E-state index contributed by atoms with van der Waals surface area (Å²) in [5.41, 5.74) is 0. The molecule has 1 atom stereocenters. The molecule has 0 aromatic heterocycles. The molecule has 5 heteroatoms. The number of hydrogen-bond donors (Lipinski definition) is 2. The van der Waals surface area contributed by atoms with E-state index in [1.54, 1.807) is 11.8 Å². The van der Waals surface area contributed by atoms with Gasteiger partial charge < -0.3 is 10.6 Å². The van der Waals surface area contributed by atoms with Crippen molar-refractivity contribution in [1.82, 2.24) is 10.6 Å². The van der Waals surface area contributed by atoms with Gasteiger partial charge in [0.15, 0.2) is 5.17 Å². The van der Waals surface area contributed by atoms with E-state index in [9.17, 15) is 4.79 Å². The standard InChI is InChI=1S/C10H19N3OS/c1-3-9-4-7-15-10(13-9)12-6-5-11-8(2)14/h9H,3-7H2,1-2H3,(H,11,14)(H,12,13). The van der Waals surface area contributed by atoms with E-state index in [1.807, 2.05) is 0 Å². The van der Waals surface area contributed by atoms with Crippen LogP contribution in [0.15, 0.2) is 4.99 Å². The molecule has 1 heterocycles. The number of carbonyl (C=O) groups is 1. The van der Waals surface area contributed by atoms with E-state index >= 15 is 0 Å². The number of nitrogens with zero attached hydrogens (tertiary/aromatic N) is 1. The summed E-state index contributed by atoms with van der Waals surface area (Å²) in [6.07, 6.45) is 2.36. The first-order valence-corrected chi connectivity index (χ1v) is 6.39. The minimum absolute atomic E-state index is 0.00545. The van der Waals surface area contributed by atoms with Crippen LogP contribution < -0.4 is 10.6 Å². The highest BCUT2D eigenvalue weighted by Gasteiger charge is 2.14. The minimum Gasteiger partial charge on any atom is -0.362 e. The van der Waals surface area contributed by atoms with Gasteiger partial charge >= 0.3 is 0 Å². The molecule has 86 valence electrons. The van der Waals surface area contributed by atoms with Crippen LogP contribution in [0.2, 0.25) is 0 Å². The summed E-state index contributed by atoms with van der Waals surface area (Å²) >= 11 is 1.77. The Morgan fingerprint density at radius 2 is 2.53 bits per heavy atom. The Labute approximate surface area is 95.3 Å². The van der Waals surface area contributed by atoms with Gasteiger partial charge in [-0.25, -0.2) is 0 Å². The molecular formula is C10H19N3OS. The molecule has 0 radical (unpaired) electrons. The fourth-order valence-corrected chi connectivity index (χ4v) is 2.40. The van der Waals surface area contributed by atoms with Crippen LogP contribution in [0.4, 0.5) is 0 Å². The lowest BCUT2D eigenvalue weighted by Gasteiger charge is -2.24. The maximum absolute atomic E-state index is 10.6. The van der Waals surface area contributed by atoms with E-state index in [0.717, 1.165) is 17.3 Å². The van der Waals surface area contributed by atoms with Crippen LogP contribution in [0.3, 0.4) is 0 Å². The zero-order valence-electron chi connectivity index (χ0n) is 9.38. The highest BCUT2D eigenvalue weighted by molar-refractivity contribution is 8.13. The van der Waals surface area contributed by atoms with Crippen molar-refractivity contribution in [3.8, 4) is 0 Å². The van der Waals surface area contributed by atoms with E-state index in [-0.39, 0.29) is 5.91 Å². The first-order chi connectivity index (χ1) is 7.22. The average molecular weight is 229 g/mol. The number of thioether (sulfide) groups is 1. The van der Waals surface area contributed by atoms with Crippen molar-refractivity contribution < 1.29 is 4.79 Å². The Balaban J connectivity index is 2.23. The maximum atomic E-state index is 10.6. The number of aliphatic imine (C=N–C) groups is 1. The van der Waals surface area contributed by atoms with Crippen LogP contribution in [-0.4, -0.2) is 36.0 Å². The molecule has 0 saturated carbocycles. The normalized spacial score (nSPS) is 23.6. The predicted molar refractivity (Wildman–Crippen MR) is 65.3 cm³/mol. The van der Waals surface area contributed by atoms with E-state index < -0.39 is 0 Å². The molecule has 1 aliphatic heterocycles. The molecule has 1 amide bonds. The second-order valence-corrected chi connectivity index (χ2v) is 4.64. The molecule has 1 rings (SSSR count). The average Bonchev–Trinajstić information content (AvgIpc) is 2.24. The van der Waals surface area contributed by atoms with Crippen LogP contribution in [-0.2, 0) is 4.79 Å². The van der Waals surface area contributed by atoms with E-state index in [1.165, 1.54) is 13.3 Å². The van der Waals surface area contributed by atoms with Gasteiger partial charge in [-0.15, -0.1) is 0 Å². The third kappa shape index (κ3) is 5.06. The van der Waals surface area contributed by atoms with Gasteiger partial charge in [0.2, 0.25) is 5.91 Å². The third-order valence-electron chi connectivity index (χ3n) is 2.27. The Kier molecular flexibility index (Phi) is 5.53. The summed E-state index contributed by atoms with van der Waals surface area (Å²) in [6, 6.07) is 0.575. The van der Waals surface area contributed by atoms with Gasteiger partial charge in [0.1, 0.15) is 0 Å². The molecule has 4 nitrogen and oxygen atoms in total. The van der Waals surface area contributed by atoms with Crippen LogP contribution >= 0.6 is 11.8 Å². The largest absolute Gasteiger partial charge is 0.362 e. The molecule has 1 aliphatic rings. The smallest absolute Gasteiger partial charge is 0.216 e. The summed E-state index contributed by atoms with van der Waals surface area (Å²) in [4.78, 5) is 15.0. The molecule has 0 aliphatic carbocycles. The number of amides is 1. The zero-order chi connectivity index (χ0) is 11.1. The van der Waals surface area contributed by atoms with Crippen LogP contribution in [0.5, 0.6) is 0 Å². The van der Waals surface area contributed by atoms with Gasteiger partial charge in [-0.05, 0) is 12.8 Å². The molecule has 15 heavy (non-hydrogen) atoms. The second kappa shape index (κ2) is 6.71. The third-order valence-corrected chi connectivity index (χ3v) is 3.23. The van der Waals surface area contributed by atoms with Gasteiger partial charge in [-0.2, -0.15) is 0 Å². The Hall–Kier alpha value is -0.710.